The second kappa shape index (κ2) is 6.65. The van der Waals surface area contributed by atoms with Crippen LogP contribution in [0.1, 0.15) is 19.3 Å². The summed E-state index contributed by atoms with van der Waals surface area (Å²) < 4.78 is 1.78. The summed E-state index contributed by atoms with van der Waals surface area (Å²) in [6, 6.07) is 4.04. The van der Waals surface area contributed by atoms with Gasteiger partial charge in [-0.05, 0) is 31.4 Å². The van der Waals surface area contributed by atoms with Crippen molar-refractivity contribution in [1.29, 1.82) is 0 Å². The molecule has 0 radical (unpaired) electrons. The molecule has 0 amide bonds. The van der Waals surface area contributed by atoms with Crippen molar-refractivity contribution in [2.24, 2.45) is 7.05 Å². The second-order valence-corrected chi connectivity index (χ2v) is 7.76. The first-order valence-electron chi connectivity index (χ1n) is 10.2. The lowest BCUT2D eigenvalue weighted by Gasteiger charge is -2.27. The van der Waals surface area contributed by atoms with Gasteiger partial charge >= 0.3 is 0 Å². The van der Waals surface area contributed by atoms with Gasteiger partial charge in [0.05, 0.1) is 17.1 Å². The number of aryl methyl sites for hydroxylation is 1. The smallest absolute Gasteiger partial charge is 0.159 e. The van der Waals surface area contributed by atoms with Crippen LogP contribution in [0.4, 0.5) is 5.82 Å². The molecule has 0 atom stereocenters. The topological polar surface area (TPSA) is 104 Å². The van der Waals surface area contributed by atoms with Gasteiger partial charge in [-0.25, -0.2) is 15.0 Å². The van der Waals surface area contributed by atoms with Crippen LogP contribution in [-0.2, 0) is 7.05 Å². The van der Waals surface area contributed by atoms with Crippen LogP contribution in [0.15, 0.2) is 36.9 Å². The van der Waals surface area contributed by atoms with Gasteiger partial charge in [0.2, 0.25) is 0 Å². The van der Waals surface area contributed by atoms with Gasteiger partial charge in [-0.15, -0.1) is 0 Å². The van der Waals surface area contributed by atoms with Crippen molar-refractivity contribution in [2.75, 3.05) is 18.0 Å². The fourth-order valence-electron chi connectivity index (χ4n) is 4.18. The summed E-state index contributed by atoms with van der Waals surface area (Å²) in [6.45, 7) is 2.05. The SMILES string of the molecule is Cn1cc(-c2cnc3[nH]nc(-c4nc5c(N6CCCCC6)nccc5[nH]4)c3c2)cn1. The number of rotatable bonds is 3. The van der Waals surface area contributed by atoms with Gasteiger partial charge in [0, 0.05) is 49.9 Å². The molecule has 0 aromatic carbocycles. The van der Waals surface area contributed by atoms with Crippen molar-refractivity contribution < 1.29 is 0 Å². The predicted octanol–water partition coefficient (Wildman–Crippen LogP) is 3.29. The maximum absolute atomic E-state index is 4.90. The highest BCUT2D eigenvalue weighted by atomic mass is 15.2. The van der Waals surface area contributed by atoms with Crippen LogP contribution in [0.3, 0.4) is 0 Å². The highest BCUT2D eigenvalue weighted by molar-refractivity contribution is 5.95. The minimum atomic E-state index is 0.715. The van der Waals surface area contributed by atoms with E-state index in [1.54, 1.807) is 4.68 Å². The van der Waals surface area contributed by atoms with Gasteiger partial charge in [0.1, 0.15) is 11.2 Å². The average Bonchev–Trinajstić information content (AvgIpc) is 3.50. The zero-order valence-corrected chi connectivity index (χ0v) is 16.6. The van der Waals surface area contributed by atoms with Gasteiger partial charge in [-0.1, -0.05) is 0 Å². The molecule has 1 aliphatic rings. The number of hydrogen-bond donors (Lipinski definition) is 2. The molecule has 150 valence electrons. The molecule has 0 saturated carbocycles. The van der Waals surface area contributed by atoms with Gasteiger partial charge in [-0.2, -0.15) is 10.2 Å². The standard InChI is InChI=1S/C21H21N9/c1-29-12-14(11-24-29)13-9-15-17(27-28-19(15)23-10-13)20-25-16-5-6-22-21(18(16)26-20)30-7-3-2-4-8-30/h5-6,9-12H,2-4,7-8H2,1H3,(H,25,26)(H,23,27,28). The summed E-state index contributed by atoms with van der Waals surface area (Å²) in [7, 11) is 1.90. The van der Waals surface area contributed by atoms with E-state index >= 15 is 0 Å². The molecular formula is C21H21N9. The van der Waals surface area contributed by atoms with Gasteiger partial charge in [0.25, 0.3) is 0 Å². The third-order valence-corrected chi connectivity index (χ3v) is 5.72. The monoisotopic (exact) mass is 399 g/mol. The number of aromatic amines is 2. The van der Waals surface area contributed by atoms with E-state index in [0.717, 1.165) is 57.8 Å². The Morgan fingerprint density at radius 3 is 2.77 bits per heavy atom. The maximum Gasteiger partial charge on any atom is 0.159 e. The molecule has 6 heterocycles. The van der Waals surface area contributed by atoms with E-state index < -0.39 is 0 Å². The minimum Gasteiger partial charge on any atom is -0.355 e. The van der Waals surface area contributed by atoms with Crippen molar-refractivity contribution in [3.8, 4) is 22.6 Å². The maximum atomic E-state index is 4.90. The van der Waals surface area contributed by atoms with E-state index in [4.69, 9.17) is 4.98 Å². The molecule has 1 saturated heterocycles. The molecule has 30 heavy (non-hydrogen) atoms. The molecule has 0 aliphatic carbocycles. The Bertz CT molecular complexity index is 1350. The Morgan fingerprint density at radius 2 is 1.93 bits per heavy atom. The Balaban J connectivity index is 1.47. The van der Waals surface area contributed by atoms with E-state index in [9.17, 15) is 0 Å². The largest absolute Gasteiger partial charge is 0.355 e. The number of aromatic nitrogens is 8. The van der Waals surface area contributed by atoms with Crippen LogP contribution in [-0.4, -0.2) is 53.0 Å². The summed E-state index contributed by atoms with van der Waals surface area (Å²) in [5, 5.41) is 12.7. The molecule has 0 spiro atoms. The first-order chi connectivity index (χ1) is 14.8. The van der Waals surface area contributed by atoms with Crippen LogP contribution in [0, 0.1) is 0 Å². The highest BCUT2D eigenvalue weighted by Gasteiger charge is 2.20. The van der Waals surface area contributed by atoms with Gasteiger partial charge < -0.3 is 9.88 Å². The quantitative estimate of drug-likeness (QED) is 0.482. The Morgan fingerprint density at radius 1 is 1.03 bits per heavy atom. The molecule has 2 N–H and O–H groups in total. The molecule has 9 heteroatoms. The summed E-state index contributed by atoms with van der Waals surface area (Å²) in [4.78, 5) is 19.8. The first kappa shape index (κ1) is 17.1. The van der Waals surface area contributed by atoms with Crippen molar-refractivity contribution in [1.82, 2.24) is 39.9 Å². The highest BCUT2D eigenvalue weighted by Crippen LogP contribution is 2.31. The van der Waals surface area contributed by atoms with Crippen LogP contribution >= 0.6 is 0 Å². The number of anilines is 1. The second-order valence-electron chi connectivity index (χ2n) is 7.76. The first-order valence-corrected chi connectivity index (χ1v) is 10.2. The molecule has 5 aromatic heterocycles. The zero-order valence-electron chi connectivity index (χ0n) is 16.6. The van der Waals surface area contributed by atoms with E-state index in [1.165, 1.54) is 19.3 Å². The molecule has 6 rings (SSSR count). The molecule has 0 unspecified atom stereocenters. The summed E-state index contributed by atoms with van der Waals surface area (Å²) in [5.74, 6) is 1.66. The lowest BCUT2D eigenvalue weighted by molar-refractivity contribution is 0.574. The molecule has 0 bridgehead atoms. The van der Waals surface area contributed by atoms with Crippen molar-refractivity contribution in [3.63, 3.8) is 0 Å². The van der Waals surface area contributed by atoms with Crippen molar-refractivity contribution >= 4 is 27.9 Å². The number of pyridine rings is 2. The number of hydrogen-bond acceptors (Lipinski definition) is 6. The summed E-state index contributed by atoms with van der Waals surface area (Å²) >= 11 is 0. The number of imidazole rings is 1. The van der Waals surface area contributed by atoms with Crippen LogP contribution in [0.5, 0.6) is 0 Å². The molecular weight excluding hydrogens is 378 g/mol. The fourth-order valence-corrected chi connectivity index (χ4v) is 4.18. The Labute approximate surface area is 172 Å². The minimum absolute atomic E-state index is 0.715. The number of H-pyrrole nitrogens is 2. The number of fused-ring (bicyclic) bond motifs is 2. The van der Waals surface area contributed by atoms with E-state index in [0.29, 0.717) is 5.82 Å². The van der Waals surface area contributed by atoms with Gasteiger partial charge in [-0.3, -0.25) is 9.78 Å². The third kappa shape index (κ3) is 2.73. The number of nitrogens with one attached hydrogen (secondary N) is 2. The molecule has 1 fully saturated rings. The fraction of sp³-hybridized carbons (Fsp3) is 0.286. The van der Waals surface area contributed by atoms with Crippen LogP contribution < -0.4 is 4.90 Å². The molecule has 1 aliphatic heterocycles. The summed E-state index contributed by atoms with van der Waals surface area (Å²) in [5.41, 5.74) is 5.34. The lowest BCUT2D eigenvalue weighted by Crippen LogP contribution is -2.30. The average molecular weight is 399 g/mol. The number of piperidine rings is 1. The zero-order chi connectivity index (χ0) is 20.1. The van der Waals surface area contributed by atoms with Crippen molar-refractivity contribution in [3.05, 3.63) is 36.9 Å². The van der Waals surface area contributed by atoms with E-state index in [-0.39, 0.29) is 0 Å². The predicted molar refractivity (Wildman–Crippen MR) is 115 cm³/mol. The van der Waals surface area contributed by atoms with Crippen LogP contribution in [0.2, 0.25) is 0 Å². The molecule has 5 aromatic rings. The van der Waals surface area contributed by atoms with E-state index in [1.807, 2.05) is 37.9 Å². The third-order valence-electron chi connectivity index (χ3n) is 5.72. The Kier molecular flexibility index (Phi) is 3.80. The summed E-state index contributed by atoms with van der Waals surface area (Å²) in [6.07, 6.45) is 11.2. The number of nitrogens with zero attached hydrogens (tertiary/aromatic N) is 7. The van der Waals surface area contributed by atoms with Crippen molar-refractivity contribution in [2.45, 2.75) is 19.3 Å². The van der Waals surface area contributed by atoms with Crippen LogP contribution in [0.25, 0.3) is 44.7 Å². The molecule has 9 nitrogen and oxygen atoms in total. The van der Waals surface area contributed by atoms with E-state index in [2.05, 4.69) is 41.2 Å². The lowest BCUT2D eigenvalue weighted by atomic mass is 10.1. The van der Waals surface area contributed by atoms with Gasteiger partial charge in [0.15, 0.2) is 17.3 Å². The normalized spacial score (nSPS) is 14.8. The Hall–Kier alpha value is -3.75.